The summed E-state index contributed by atoms with van der Waals surface area (Å²) in [4.78, 5) is 17.5. The molecule has 4 nitrogen and oxygen atoms in total. The third-order valence-electron chi connectivity index (χ3n) is 2.02. The fourth-order valence-electron chi connectivity index (χ4n) is 1.24. The minimum atomic E-state index is -0.425. The number of hydrogen-bond donors (Lipinski definition) is 1. The fraction of sp³-hybridized carbons (Fsp3) is 0.0909. The van der Waals surface area contributed by atoms with E-state index >= 15 is 0 Å². The van der Waals surface area contributed by atoms with Crippen molar-refractivity contribution in [1.29, 1.82) is 0 Å². The summed E-state index contributed by atoms with van der Waals surface area (Å²) in [5.74, 6) is 0.00240. The second-order valence-electron chi connectivity index (χ2n) is 3.24. The molecule has 5 heteroatoms. The number of rotatable bonds is 2. The first kappa shape index (κ1) is 10.4. The van der Waals surface area contributed by atoms with Gasteiger partial charge in [0, 0.05) is 12.4 Å². The van der Waals surface area contributed by atoms with Gasteiger partial charge in [0.15, 0.2) is 0 Å². The molecule has 1 aromatic carbocycles. The van der Waals surface area contributed by atoms with Crippen LogP contribution in [0.3, 0.4) is 0 Å². The molecule has 1 heterocycles. The molecule has 0 aliphatic rings. The van der Waals surface area contributed by atoms with Crippen molar-refractivity contribution in [2.75, 3.05) is 0 Å². The topological polar surface area (TPSA) is 55.0 Å². The van der Waals surface area contributed by atoms with Crippen LogP contribution in [0.25, 0.3) is 0 Å². The van der Waals surface area contributed by atoms with E-state index in [9.17, 15) is 9.18 Å². The quantitative estimate of drug-likeness (QED) is 0.842. The number of aromatic nitrogens is 2. The number of nitrogens with one attached hydrogen (secondary N) is 1. The molecule has 2 aromatic rings. The lowest BCUT2D eigenvalue weighted by Crippen LogP contribution is -2.09. The number of halogens is 1. The minimum Gasteiger partial charge on any atom is -0.434 e. The minimum absolute atomic E-state index is 0.0581. The molecule has 0 spiro atoms. The molecular formula is C11H9FN2O2. The van der Waals surface area contributed by atoms with Gasteiger partial charge in [-0.05, 0) is 30.7 Å². The Labute approximate surface area is 90.7 Å². The smallest absolute Gasteiger partial charge is 0.311 e. The van der Waals surface area contributed by atoms with Crippen molar-refractivity contribution in [1.82, 2.24) is 9.97 Å². The highest BCUT2D eigenvalue weighted by Gasteiger charge is 2.06. The normalized spacial score (nSPS) is 10.1. The van der Waals surface area contributed by atoms with Gasteiger partial charge in [0.25, 0.3) is 5.88 Å². The maximum Gasteiger partial charge on any atom is 0.311 e. The molecule has 2 rings (SSSR count). The summed E-state index contributed by atoms with van der Waals surface area (Å²) >= 11 is 0. The van der Waals surface area contributed by atoms with Crippen molar-refractivity contribution in [3.05, 3.63) is 52.3 Å². The Bertz CT molecular complexity index is 566. The van der Waals surface area contributed by atoms with E-state index < -0.39 is 5.56 Å². The second kappa shape index (κ2) is 4.14. The van der Waals surface area contributed by atoms with Gasteiger partial charge in [-0.15, -0.1) is 0 Å². The third-order valence-corrected chi connectivity index (χ3v) is 2.02. The Morgan fingerprint density at radius 1 is 1.44 bits per heavy atom. The molecule has 0 unspecified atom stereocenters. The Morgan fingerprint density at radius 2 is 2.25 bits per heavy atom. The zero-order valence-electron chi connectivity index (χ0n) is 8.53. The van der Waals surface area contributed by atoms with Crippen molar-refractivity contribution in [3.63, 3.8) is 0 Å². The first-order valence-electron chi connectivity index (χ1n) is 4.64. The van der Waals surface area contributed by atoms with E-state index in [1.54, 1.807) is 6.92 Å². The number of nitrogens with zero attached hydrogens (tertiary/aromatic N) is 1. The second-order valence-corrected chi connectivity index (χ2v) is 3.24. The third kappa shape index (κ3) is 2.08. The van der Waals surface area contributed by atoms with Crippen molar-refractivity contribution in [2.24, 2.45) is 0 Å². The molecule has 0 bridgehead atoms. The van der Waals surface area contributed by atoms with Gasteiger partial charge in [-0.3, -0.25) is 4.79 Å². The number of ether oxygens (including phenoxy) is 1. The fourth-order valence-corrected chi connectivity index (χ4v) is 1.24. The molecule has 0 amide bonds. The molecule has 0 aliphatic heterocycles. The molecule has 0 saturated carbocycles. The van der Waals surface area contributed by atoms with Crippen LogP contribution < -0.4 is 10.3 Å². The van der Waals surface area contributed by atoms with Gasteiger partial charge in [-0.2, -0.15) is 0 Å². The Balaban J connectivity index is 2.35. The van der Waals surface area contributed by atoms with E-state index in [0.717, 1.165) is 0 Å². The zero-order chi connectivity index (χ0) is 11.5. The van der Waals surface area contributed by atoms with Gasteiger partial charge in [-0.25, -0.2) is 9.37 Å². The van der Waals surface area contributed by atoms with Gasteiger partial charge in [-0.1, -0.05) is 0 Å². The van der Waals surface area contributed by atoms with Crippen molar-refractivity contribution in [3.8, 4) is 11.6 Å². The monoisotopic (exact) mass is 220 g/mol. The van der Waals surface area contributed by atoms with Crippen LogP contribution in [0.15, 0.2) is 35.4 Å². The maximum absolute atomic E-state index is 12.8. The number of H-pyrrole nitrogens is 1. The molecule has 1 N–H and O–H groups in total. The van der Waals surface area contributed by atoms with E-state index in [1.165, 1.54) is 30.6 Å². The summed E-state index contributed by atoms with van der Waals surface area (Å²) in [5.41, 5.74) is 0.177. The lowest BCUT2D eigenvalue weighted by atomic mass is 10.2. The standard InChI is InChI=1S/C11H9FN2O2/c1-7-6-8(12)2-3-9(7)16-11-10(15)13-4-5-14-11/h2-6H,1H3,(H,13,15). The van der Waals surface area contributed by atoms with Gasteiger partial charge in [0.2, 0.25) is 0 Å². The number of benzene rings is 1. The number of hydrogen-bond acceptors (Lipinski definition) is 3. The van der Waals surface area contributed by atoms with Crippen LogP contribution in [0.1, 0.15) is 5.56 Å². The van der Waals surface area contributed by atoms with E-state index in [0.29, 0.717) is 11.3 Å². The van der Waals surface area contributed by atoms with Crippen LogP contribution in [0.5, 0.6) is 11.6 Å². The maximum atomic E-state index is 12.8. The van der Waals surface area contributed by atoms with Gasteiger partial charge >= 0.3 is 5.56 Å². The van der Waals surface area contributed by atoms with Crippen molar-refractivity contribution in [2.45, 2.75) is 6.92 Å². The van der Waals surface area contributed by atoms with Crippen LogP contribution in [0.4, 0.5) is 4.39 Å². The van der Waals surface area contributed by atoms with E-state index in [4.69, 9.17) is 4.74 Å². The van der Waals surface area contributed by atoms with E-state index in [1.807, 2.05) is 0 Å². The van der Waals surface area contributed by atoms with Gasteiger partial charge in [0.1, 0.15) is 11.6 Å². The molecule has 1 aromatic heterocycles. The summed E-state index contributed by atoms with van der Waals surface area (Å²) < 4.78 is 18.1. The SMILES string of the molecule is Cc1cc(F)ccc1Oc1ncc[nH]c1=O. The number of aryl methyl sites for hydroxylation is 1. The molecule has 0 atom stereocenters. The summed E-state index contributed by atoms with van der Waals surface area (Å²) in [6, 6.07) is 4.05. The Kier molecular flexibility index (Phi) is 2.68. The molecule has 82 valence electrons. The largest absolute Gasteiger partial charge is 0.434 e. The van der Waals surface area contributed by atoms with Crippen LogP contribution in [0.2, 0.25) is 0 Å². The average molecular weight is 220 g/mol. The Morgan fingerprint density at radius 3 is 2.94 bits per heavy atom. The van der Waals surface area contributed by atoms with Gasteiger partial charge in [0.05, 0.1) is 0 Å². The van der Waals surface area contributed by atoms with Crippen LogP contribution in [-0.4, -0.2) is 9.97 Å². The first-order chi connectivity index (χ1) is 7.66. The Hall–Kier alpha value is -2.17. The molecule has 0 saturated heterocycles. The molecule has 0 radical (unpaired) electrons. The summed E-state index contributed by atoms with van der Waals surface area (Å²) in [6.45, 7) is 1.69. The van der Waals surface area contributed by atoms with Crippen LogP contribution in [-0.2, 0) is 0 Å². The lowest BCUT2D eigenvalue weighted by Gasteiger charge is -2.06. The zero-order valence-corrected chi connectivity index (χ0v) is 8.53. The lowest BCUT2D eigenvalue weighted by molar-refractivity contribution is 0.449. The van der Waals surface area contributed by atoms with Crippen molar-refractivity contribution < 1.29 is 9.13 Å². The summed E-state index contributed by atoms with van der Waals surface area (Å²) in [7, 11) is 0. The molecule has 0 fully saturated rings. The van der Waals surface area contributed by atoms with Crippen molar-refractivity contribution >= 4 is 0 Å². The molecule has 16 heavy (non-hydrogen) atoms. The van der Waals surface area contributed by atoms with E-state index in [2.05, 4.69) is 9.97 Å². The summed E-state index contributed by atoms with van der Waals surface area (Å²) in [5, 5.41) is 0. The number of aromatic amines is 1. The highest BCUT2D eigenvalue weighted by Crippen LogP contribution is 2.21. The predicted octanol–water partition coefficient (Wildman–Crippen LogP) is 2.01. The highest BCUT2D eigenvalue weighted by atomic mass is 19.1. The van der Waals surface area contributed by atoms with E-state index in [-0.39, 0.29) is 11.7 Å². The highest BCUT2D eigenvalue weighted by molar-refractivity contribution is 5.34. The average Bonchev–Trinajstić information content (AvgIpc) is 2.25. The molecular weight excluding hydrogens is 211 g/mol. The molecule has 0 aliphatic carbocycles. The van der Waals surface area contributed by atoms with Crippen LogP contribution in [0, 0.1) is 12.7 Å². The first-order valence-corrected chi connectivity index (χ1v) is 4.64. The van der Waals surface area contributed by atoms with Gasteiger partial charge < -0.3 is 9.72 Å². The predicted molar refractivity (Wildman–Crippen MR) is 56.1 cm³/mol. The van der Waals surface area contributed by atoms with Crippen LogP contribution >= 0.6 is 0 Å². The summed E-state index contributed by atoms with van der Waals surface area (Å²) in [6.07, 6.45) is 2.82.